The summed E-state index contributed by atoms with van der Waals surface area (Å²) in [7, 11) is 0. The van der Waals surface area contributed by atoms with Gasteiger partial charge < -0.3 is 9.47 Å². The second-order valence-corrected chi connectivity index (χ2v) is 3.45. The Morgan fingerprint density at radius 3 is 2.35 bits per heavy atom. The first-order valence-corrected chi connectivity index (χ1v) is 5.63. The Morgan fingerprint density at radius 1 is 1.06 bits per heavy atom. The van der Waals surface area contributed by atoms with Gasteiger partial charge in [-0.25, -0.2) is 0 Å². The Morgan fingerprint density at radius 2 is 1.71 bits per heavy atom. The molecule has 0 atom stereocenters. The van der Waals surface area contributed by atoms with E-state index in [0.29, 0.717) is 18.8 Å². The molecule has 0 spiro atoms. The Bertz CT molecular complexity index is 359. The molecule has 0 N–H and O–H groups in total. The zero-order valence-electron chi connectivity index (χ0n) is 9.85. The smallest absolute Gasteiger partial charge is 0.311 e. The molecule has 0 saturated carbocycles. The van der Waals surface area contributed by atoms with E-state index >= 15 is 0 Å². The van der Waals surface area contributed by atoms with Gasteiger partial charge in [-0.3, -0.25) is 9.59 Å². The molecular weight excluding hydrogens is 220 g/mol. The minimum Gasteiger partial charge on any atom is -0.466 e. The molecular formula is C13H16O4. The lowest BCUT2D eigenvalue weighted by atomic mass is 10.2. The molecule has 0 aromatic heterocycles. The molecule has 17 heavy (non-hydrogen) atoms. The lowest BCUT2D eigenvalue weighted by Gasteiger charge is -2.03. The normalized spacial score (nSPS) is 9.71. The quantitative estimate of drug-likeness (QED) is 0.562. The van der Waals surface area contributed by atoms with Crippen molar-refractivity contribution >= 4 is 11.9 Å². The number of para-hydroxylation sites is 1. The van der Waals surface area contributed by atoms with Gasteiger partial charge in [-0.1, -0.05) is 18.2 Å². The molecule has 1 aromatic carbocycles. The first kappa shape index (κ1) is 13.2. The van der Waals surface area contributed by atoms with Crippen LogP contribution in [0.2, 0.25) is 0 Å². The van der Waals surface area contributed by atoms with Gasteiger partial charge in [0, 0.05) is 12.8 Å². The van der Waals surface area contributed by atoms with Crippen LogP contribution in [0.4, 0.5) is 0 Å². The van der Waals surface area contributed by atoms with Gasteiger partial charge in [0.1, 0.15) is 5.75 Å². The summed E-state index contributed by atoms with van der Waals surface area (Å²) in [5, 5.41) is 0. The number of hydrogen-bond donors (Lipinski definition) is 0. The van der Waals surface area contributed by atoms with Crippen LogP contribution >= 0.6 is 0 Å². The van der Waals surface area contributed by atoms with E-state index in [9.17, 15) is 9.59 Å². The van der Waals surface area contributed by atoms with Crippen molar-refractivity contribution in [1.82, 2.24) is 0 Å². The summed E-state index contributed by atoms with van der Waals surface area (Å²) < 4.78 is 9.82. The fourth-order valence-corrected chi connectivity index (χ4v) is 1.28. The van der Waals surface area contributed by atoms with Crippen molar-refractivity contribution in [2.75, 3.05) is 6.61 Å². The van der Waals surface area contributed by atoms with Crippen LogP contribution in [-0.2, 0) is 14.3 Å². The van der Waals surface area contributed by atoms with Crippen molar-refractivity contribution in [2.45, 2.75) is 26.2 Å². The Hall–Kier alpha value is -1.84. The zero-order valence-corrected chi connectivity index (χ0v) is 9.85. The van der Waals surface area contributed by atoms with Crippen molar-refractivity contribution in [3.8, 4) is 5.75 Å². The van der Waals surface area contributed by atoms with Gasteiger partial charge in [-0.05, 0) is 25.5 Å². The molecule has 0 amide bonds. The highest BCUT2D eigenvalue weighted by molar-refractivity contribution is 5.74. The summed E-state index contributed by atoms with van der Waals surface area (Å²) >= 11 is 0. The van der Waals surface area contributed by atoms with Crippen LogP contribution in [0.5, 0.6) is 5.75 Å². The first-order valence-electron chi connectivity index (χ1n) is 5.63. The van der Waals surface area contributed by atoms with E-state index in [0.717, 1.165) is 0 Å². The molecule has 0 saturated heterocycles. The van der Waals surface area contributed by atoms with Gasteiger partial charge >= 0.3 is 11.9 Å². The fourth-order valence-electron chi connectivity index (χ4n) is 1.28. The van der Waals surface area contributed by atoms with Crippen LogP contribution in [-0.4, -0.2) is 18.5 Å². The SMILES string of the molecule is CCOC(=O)CCCC(=O)Oc1ccccc1. The molecule has 4 nitrogen and oxygen atoms in total. The number of hydrogen-bond acceptors (Lipinski definition) is 4. The number of rotatable bonds is 6. The molecule has 0 aliphatic rings. The maximum Gasteiger partial charge on any atom is 0.311 e. The van der Waals surface area contributed by atoms with E-state index in [1.807, 2.05) is 6.07 Å². The molecule has 0 aliphatic carbocycles. The summed E-state index contributed by atoms with van der Waals surface area (Å²) in [5.74, 6) is -0.0888. The minimum atomic E-state index is -0.333. The standard InChI is InChI=1S/C13H16O4/c1-2-16-12(14)9-6-10-13(15)17-11-7-4-3-5-8-11/h3-5,7-8H,2,6,9-10H2,1H3. The highest BCUT2D eigenvalue weighted by Gasteiger charge is 2.07. The van der Waals surface area contributed by atoms with Crippen molar-refractivity contribution < 1.29 is 19.1 Å². The minimum absolute atomic E-state index is 0.216. The van der Waals surface area contributed by atoms with Crippen LogP contribution in [0, 0.1) is 0 Å². The molecule has 0 bridgehead atoms. The number of esters is 2. The van der Waals surface area contributed by atoms with Gasteiger partial charge in [-0.2, -0.15) is 0 Å². The maximum absolute atomic E-state index is 11.4. The van der Waals surface area contributed by atoms with E-state index < -0.39 is 0 Å². The summed E-state index contributed by atoms with van der Waals surface area (Å²) in [6, 6.07) is 8.85. The second-order valence-electron chi connectivity index (χ2n) is 3.45. The fraction of sp³-hybridized carbons (Fsp3) is 0.385. The van der Waals surface area contributed by atoms with Gasteiger partial charge in [-0.15, -0.1) is 0 Å². The zero-order chi connectivity index (χ0) is 12.5. The molecule has 0 fully saturated rings. The van der Waals surface area contributed by atoms with Crippen LogP contribution in [0.1, 0.15) is 26.2 Å². The maximum atomic E-state index is 11.4. The third kappa shape index (κ3) is 5.70. The Labute approximate surface area is 101 Å². The molecule has 0 radical (unpaired) electrons. The van der Waals surface area contributed by atoms with E-state index in [1.165, 1.54) is 0 Å². The van der Waals surface area contributed by atoms with E-state index in [1.54, 1.807) is 31.2 Å². The molecule has 0 heterocycles. The number of benzene rings is 1. The topological polar surface area (TPSA) is 52.6 Å². The molecule has 1 rings (SSSR count). The lowest BCUT2D eigenvalue weighted by molar-refractivity contribution is -0.143. The second kappa shape index (κ2) is 7.44. The molecule has 0 unspecified atom stereocenters. The highest BCUT2D eigenvalue weighted by Crippen LogP contribution is 2.10. The van der Waals surface area contributed by atoms with Crippen molar-refractivity contribution in [2.24, 2.45) is 0 Å². The third-order valence-corrected chi connectivity index (χ3v) is 2.04. The van der Waals surface area contributed by atoms with E-state index in [-0.39, 0.29) is 24.8 Å². The van der Waals surface area contributed by atoms with Gasteiger partial charge in [0.2, 0.25) is 0 Å². The molecule has 1 aromatic rings. The Kier molecular flexibility index (Phi) is 5.79. The van der Waals surface area contributed by atoms with Crippen LogP contribution in [0.3, 0.4) is 0 Å². The first-order chi connectivity index (χ1) is 8.22. The van der Waals surface area contributed by atoms with E-state index in [2.05, 4.69) is 0 Å². The van der Waals surface area contributed by atoms with Crippen molar-refractivity contribution in [3.63, 3.8) is 0 Å². The number of carbonyl (C=O) groups is 2. The third-order valence-electron chi connectivity index (χ3n) is 2.04. The van der Waals surface area contributed by atoms with Gasteiger partial charge in [0.05, 0.1) is 6.61 Å². The predicted octanol–water partition coefficient (Wildman–Crippen LogP) is 2.33. The van der Waals surface area contributed by atoms with Crippen LogP contribution in [0.25, 0.3) is 0 Å². The van der Waals surface area contributed by atoms with Crippen LogP contribution < -0.4 is 4.74 Å². The summed E-state index contributed by atoms with van der Waals surface area (Å²) in [6.45, 7) is 2.12. The monoisotopic (exact) mass is 236 g/mol. The lowest BCUT2D eigenvalue weighted by Crippen LogP contribution is -2.09. The summed E-state index contributed by atoms with van der Waals surface area (Å²) in [6.07, 6.45) is 0.913. The number of ether oxygens (including phenoxy) is 2. The summed E-state index contributed by atoms with van der Waals surface area (Å²) in [4.78, 5) is 22.4. The molecule has 4 heteroatoms. The predicted molar refractivity (Wildman–Crippen MR) is 62.6 cm³/mol. The molecule has 92 valence electrons. The van der Waals surface area contributed by atoms with Gasteiger partial charge in [0.25, 0.3) is 0 Å². The van der Waals surface area contributed by atoms with Crippen molar-refractivity contribution in [1.29, 1.82) is 0 Å². The Balaban J connectivity index is 2.20. The molecule has 0 aliphatic heterocycles. The highest BCUT2D eigenvalue weighted by atomic mass is 16.5. The average molecular weight is 236 g/mol. The summed E-state index contributed by atoms with van der Waals surface area (Å²) in [5.41, 5.74) is 0. The largest absolute Gasteiger partial charge is 0.466 e. The van der Waals surface area contributed by atoms with E-state index in [4.69, 9.17) is 9.47 Å². The average Bonchev–Trinajstić information content (AvgIpc) is 2.30. The number of carbonyl (C=O) groups excluding carboxylic acids is 2. The van der Waals surface area contributed by atoms with Gasteiger partial charge in [0.15, 0.2) is 0 Å². The van der Waals surface area contributed by atoms with Crippen LogP contribution in [0.15, 0.2) is 30.3 Å². The van der Waals surface area contributed by atoms with Crippen molar-refractivity contribution in [3.05, 3.63) is 30.3 Å².